The zero-order valence-electron chi connectivity index (χ0n) is 13.5. The van der Waals surface area contributed by atoms with E-state index in [9.17, 15) is 18.0 Å². The molecule has 0 radical (unpaired) electrons. The summed E-state index contributed by atoms with van der Waals surface area (Å²) in [6.07, 6.45) is 0.836. The van der Waals surface area contributed by atoms with E-state index >= 15 is 0 Å². The Kier molecular flexibility index (Phi) is 7.18. The van der Waals surface area contributed by atoms with Crippen LogP contribution in [0.25, 0.3) is 0 Å². The summed E-state index contributed by atoms with van der Waals surface area (Å²) in [4.78, 5) is 22.5. The predicted octanol–water partition coefficient (Wildman–Crippen LogP) is 1.09. The van der Waals surface area contributed by atoms with Crippen molar-refractivity contribution in [3.05, 3.63) is 24.3 Å². The fraction of sp³-hybridized carbons (Fsp3) is 0.467. The quantitative estimate of drug-likeness (QED) is 0.658. The van der Waals surface area contributed by atoms with Crippen molar-refractivity contribution in [3.8, 4) is 0 Å². The molecule has 0 heterocycles. The highest BCUT2D eigenvalue weighted by Gasteiger charge is 2.15. The highest BCUT2D eigenvalue weighted by Crippen LogP contribution is 2.13. The second kappa shape index (κ2) is 8.64. The summed E-state index contributed by atoms with van der Waals surface area (Å²) >= 11 is 0. The minimum Gasteiger partial charge on any atom is -0.355 e. The van der Waals surface area contributed by atoms with Crippen LogP contribution in [0.5, 0.6) is 0 Å². The Morgan fingerprint density at radius 2 is 1.74 bits per heavy atom. The summed E-state index contributed by atoms with van der Waals surface area (Å²) < 4.78 is 26.4. The van der Waals surface area contributed by atoms with Crippen molar-refractivity contribution < 1.29 is 18.0 Å². The molecule has 1 aromatic carbocycles. The van der Waals surface area contributed by atoms with Crippen molar-refractivity contribution in [2.75, 3.05) is 18.4 Å². The first-order chi connectivity index (χ1) is 10.7. The summed E-state index contributed by atoms with van der Waals surface area (Å²) in [7, 11) is -3.77. The normalized spacial score (nSPS) is 11.3. The first-order valence-corrected chi connectivity index (χ1v) is 8.83. The van der Waals surface area contributed by atoms with E-state index in [1.165, 1.54) is 31.2 Å². The van der Waals surface area contributed by atoms with Gasteiger partial charge in [0.05, 0.1) is 11.4 Å². The van der Waals surface area contributed by atoms with Crippen molar-refractivity contribution in [3.63, 3.8) is 0 Å². The lowest BCUT2D eigenvalue weighted by Crippen LogP contribution is -2.37. The molecule has 0 aliphatic rings. The number of hydrogen-bond donors (Lipinski definition) is 3. The Bertz CT molecular complexity index is 639. The number of hydrogen-bond acceptors (Lipinski definition) is 4. The van der Waals surface area contributed by atoms with E-state index in [1.807, 2.05) is 13.8 Å². The van der Waals surface area contributed by atoms with Crippen LogP contribution < -0.4 is 15.4 Å². The lowest BCUT2D eigenvalue weighted by atomic mass is 10.1. The molecule has 0 saturated carbocycles. The fourth-order valence-corrected chi connectivity index (χ4v) is 2.71. The molecule has 8 heteroatoms. The van der Waals surface area contributed by atoms with Gasteiger partial charge in [-0.15, -0.1) is 0 Å². The van der Waals surface area contributed by atoms with Gasteiger partial charge >= 0.3 is 0 Å². The summed E-state index contributed by atoms with van der Waals surface area (Å²) in [6, 6.07) is 5.70. The van der Waals surface area contributed by atoms with Crippen LogP contribution in [0.4, 0.5) is 5.69 Å². The maximum absolute atomic E-state index is 12.1. The number of rotatable bonds is 8. The van der Waals surface area contributed by atoms with Crippen LogP contribution in [-0.4, -0.2) is 33.3 Å². The van der Waals surface area contributed by atoms with Crippen LogP contribution in [0, 0.1) is 5.92 Å². The first-order valence-electron chi connectivity index (χ1n) is 7.34. The van der Waals surface area contributed by atoms with Gasteiger partial charge in [0, 0.05) is 19.2 Å². The van der Waals surface area contributed by atoms with Gasteiger partial charge in [0.15, 0.2) is 0 Å². The lowest BCUT2D eigenvalue weighted by Gasteiger charge is -2.09. The van der Waals surface area contributed by atoms with Crippen LogP contribution in [-0.2, 0) is 19.6 Å². The van der Waals surface area contributed by atoms with Gasteiger partial charge in [0.25, 0.3) is 0 Å². The van der Waals surface area contributed by atoms with Crippen molar-refractivity contribution in [1.29, 1.82) is 0 Å². The third kappa shape index (κ3) is 7.25. The number of carbonyl (C=O) groups is 2. The molecule has 2 amide bonds. The minimum absolute atomic E-state index is 0.0292. The molecule has 0 atom stereocenters. The van der Waals surface area contributed by atoms with Gasteiger partial charge in [-0.2, -0.15) is 0 Å². The Labute approximate surface area is 136 Å². The molecule has 1 aromatic rings. The van der Waals surface area contributed by atoms with Gasteiger partial charge in [-0.3, -0.25) is 9.59 Å². The first kappa shape index (κ1) is 19.1. The van der Waals surface area contributed by atoms with Crippen molar-refractivity contribution in [2.24, 2.45) is 5.92 Å². The molecule has 0 fully saturated rings. The average molecular weight is 341 g/mol. The van der Waals surface area contributed by atoms with E-state index in [0.717, 1.165) is 6.42 Å². The molecule has 0 spiro atoms. The third-order valence-corrected chi connectivity index (χ3v) is 4.37. The number of anilines is 1. The molecule has 0 aliphatic carbocycles. The maximum Gasteiger partial charge on any atom is 0.241 e. The number of benzene rings is 1. The van der Waals surface area contributed by atoms with E-state index in [4.69, 9.17) is 0 Å². The van der Waals surface area contributed by atoms with Gasteiger partial charge in [0.2, 0.25) is 21.8 Å². The van der Waals surface area contributed by atoms with Crippen molar-refractivity contribution >= 4 is 27.5 Å². The third-order valence-electron chi connectivity index (χ3n) is 2.95. The number of amides is 2. The molecule has 1 rings (SSSR count). The van der Waals surface area contributed by atoms with E-state index in [2.05, 4.69) is 15.4 Å². The fourth-order valence-electron chi connectivity index (χ4n) is 1.73. The SMILES string of the molecule is CC(=O)Nc1ccc(S(=O)(=O)NCC(=O)NCCC(C)C)cc1. The Morgan fingerprint density at radius 1 is 1.13 bits per heavy atom. The van der Waals surface area contributed by atoms with Crippen LogP contribution in [0.15, 0.2) is 29.2 Å². The van der Waals surface area contributed by atoms with Crippen molar-refractivity contribution in [2.45, 2.75) is 32.1 Å². The molecular formula is C15H23N3O4S. The zero-order chi connectivity index (χ0) is 17.5. The van der Waals surface area contributed by atoms with Gasteiger partial charge in [-0.1, -0.05) is 13.8 Å². The number of sulfonamides is 1. The minimum atomic E-state index is -3.77. The van der Waals surface area contributed by atoms with Gasteiger partial charge < -0.3 is 10.6 Å². The highest BCUT2D eigenvalue weighted by atomic mass is 32.2. The molecule has 0 saturated heterocycles. The molecule has 0 aliphatic heterocycles. The molecule has 0 aromatic heterocycles. The predicted molar refractivity (Wildman–Crippen MR) is 88.4 cm³/mol. The average Bonchev–Trinajstić information content (AvgIpc) is 2.45. The Balaban J connectivity index is 2.55. The van der Waals surface area contributed by atoms with E-state index in [0.29, 0.717) is 18.2 Å². The van der Waals surface area contributed by atoms with E-state index in [-0.39, 0.29) is 23.3 Å². The summed E-state index contributed by atoms with van der Waals surface area (Å²) in [5.41, 5.74) is 0.503. The standard InChI is InChI=1S/C15H23N3O4S/c1-11(2)8-9-16-15(20)10-17-23(21,22)14-6-4-13(5-7-14)18-12(3)19/h4-7,11,17H,8-10H2,1-3H3,(H,16,20)(H,18,19). The van der Waals surface area contributed by atoms with Crippen LogP contribution in [0.3, 0.4) is 0 Å². The second-order valence-corrected chi connectivity index (χ2v) is 7.33. The highest BCUT2D eigenvalue weighted by molar-refractivity contribution is 7.89. The van der Waals surface area contributed by atoms with E-state index in [1.54, 1.807) is 0 Å². The lowest BCUT2D eigenvalue weighted by molar-refractivity contribution is -0.120. The van der Waals surface area contributed by atoms with Crippen LogP contribution >= 0.6 is 0 Å². The molecule has 3 N–H and O–H groups in total. The van der Waals surface area contributed by atoms with Crippen molar-refractivity contribution in [1.82, 2.24) is 10.0 Å². The molecular weight excluding hydrogens is 318 g/mol. The largest absolute Gasteiger partial charge is 0.355 e. The summed E-state index contributed by atoms with van der Waals surface area (Å²) in [6.45, 7) is 5.65. The summed E-state index contributed by atoms with van der Waals surface area (Å²) in [5, 5.41) is 5.20. The van der Waals surface area contributed by atoms with Gasteiger partial charge in [-0.25, -0.2) is 13.1 Å². The molecule has 23 heavy (non-hydrogen) atoms. The maximum atomic E-state index is 12.1. The van der Waals surface area contributed by atoms with E-state index < -0.39 is 10.0 Å². The topological polar surface area (TPSA) is 104 Å². The Morgan fingerprint density at radius 3 is 2.26 bits per heavy atom. The van der Waals surface area contributed by atoms with Crippen LogP contribution in [0.1, 0.15) is 27.2 Å². The Hall–Kier alpha value is -1.93. The molecule has 0 bridgehead atoms. The smallest absolute Gasteiger partial charge is 0.241 e. The molecule has 0 unspecified atom stereocenters. The number of nitrogens with one attached hydrogen (secondary N) is 3. The van der Waals surface area contributed by atoms with Gasteiger partial charge in [-0.05, 0) is 36.6 Å². The number of carbonyl (C=O) groups excluding carboxylic acids is 2. The zero-order valence-corrected chi connectivity index (χ0v) is 14.4. The second-order valence-electron chi connectivity index (χ2n) is 5.56. The summed E-state index contributed by atoms with van der Waals surface area (Å²) in [5.74, 6) is -0.144. The molecule has 128 valence electrons. The van der Waals surface area contributed by atoms with Gasteiger partial charge in [0.1, 0.15) is 0 Å². The van der Waals surface area contributed by atoms with Crippen LogP contribution in [0.2, 0.25) is 0 Å². The monoisotopic (exact) mass is 341 g/mol. The molecule has 7 nitrogen and oxygen atoms in total.